The molecule has 0 radical (unpaired) electrons. The molecule has 2 bridgehead atoms. The van der Waals surface area contributed by atoms with Crippen LogP contribution in [0, 0.1) is 29.1 Å². The molecule has 2 aromatic rings. The second-order valence-corrected chi connectivity index (χ2v) is 20.3. The van der Waals surface area contributed by atoms with Crippen molar-refractivity contribution in [3.8, 4) is 5.88 Å². The van der Waals surface area contributed by atoms with Gasteiger partial charge in [-0.1, -0.05) is 45.2 Å². The van der Waals surface area contributed by atoms with Crippen LogP contribution in [0.4, 0.5) is 13.6 Å². The molecule has 14 nitrogen and oxygen atoms in total. The number of amides is 4. The molecular formula is C39H49ClF2N6O8S. The van der Waals surface area contributed by atoms with E-state index in [1.807, 2.05) is 4.72 Å². The van der Waals surface area contributed by atoms with E-state index in [1.165, 1.54) is 4.90 Å². The van der Waals surface area contributed by atoms with Crippen molar-refractivity contribution < 1.29 is 45.9 Å². The van der Waals surface area contributed by atoms with Crippen LogP contribution in [-0.4, -0.2) is 95.2 Å². The van der Waals surface area contributed by atoms with Gasteiger partial charge < -0.3 is 25.0 Å². The molecule has 0 spiro atoms. The molecule has 9 atom stereocenters. The van der Waals surface area contributed by atoms with Gasteiger partial charge in [0.25, 0.3) is 5.91 Å². The molecule has 1 saturated heterocycles. The van der Waals surface area contributed by atoms with Crippen molar-refractivity contribution in [2.45, 2.75) is 133 Å². The molecular weight excluding hydrogens is 786 g/mol. The Morgan fingerprint density at radius 2 is 1.79 bits per heavy atom. The highest BCUT2D eigenvalue weighted by Crippen LogP contribution is 2.58. The topological polar surface area (TPSA) is 186 Å². The van der Waals surface area contributed by atoms with Gasteiger partial charge in [0.15, 0.2) is 0 Å². The first-order valence-corrected chi connectivity index (χ1v) is 21.9. The average Bonchev–Trinajstić information content (AvgIpc) is 4.07. The predicted octanol–water partition coefficient (Wildman–Crippen LogP) is 4.66. The summed E-state index contributed by atoms with van der Waals surface area (Å²) >= 11 is 6.30. The van der Waals surface area contributed by atoms with Gasteiger partial charge in [-0.25, -0.2) is 32.0 Å². The molecule has 4 amide bonds. The number of rotatable bonds is 6. The molecule has 57 heavy (non-hydrogen) atoms. The summed E-state index contributed by atoms with van der Waals surface area (Å²) in [4.78, 5) is 66.9. The standard InChI is InChI=1S/C39H49ClF2N6O8S/c1-38(2,3)31-35(50)48-18-21(16-29(48)33(49)46-39(17-25(39)32(41)42)36(51)47-57(53,54)22-10-11-22)55-34-27(43-26-12-9-20(40)15-28(26)44-34)8-6-4-5-7-23-24-13-19(24)14-30(23)56-37(52)45-31/h9,12,15,19,21-25,29-32H,4-8,10-11,13-14,16-18H2,1-3H3,(H,45,52)(H,46,49)(H,47,51)/t19-,21+,23+,24-,25?,29-,30+,31+,39+/m0/s1. The molecule has 5 fully saturated rings. The number of ether oxygens (including phenoxy) is 2. The Balaban J connectivity index is 1.13. The summed E-state index contributed by atoms with van der Waals surface area (Å²) in [6.07, 6.45) is 0.987. The number of aryl methyl sites for hydroxylation is 1. The first-order chi connectivity index (χ1) is 26.9. The molecule has 1 aromatic carbocycles. The summed E-state index contributed by atoms with van der Waals surface area (Å²) in [5.74, 6) is -3.06. The minimum absolute atomic E-state index is 0.141. The van der Waals surface area contributed by atoms with Crippen LogP contribution in [0.1, 0.15) is 90.7 Å². The van der Waals surface area contributed by atoms with Crippen molar-refractivity contribution in [1.82, 2.24) is 30.2 Å². The SMILES string of the molecule is CC(C)(C)[C@@H]1NC(=O)O[C@@H]2C[C@@H]3C[C@@H]3[C@H]2CCCCCc2nc3ccc(Cl)cc3nc2O[C@@H]2C[C@@H](C(=O)N[C@]3(C(=O)NS(=O)(=O)C4CC4)CC3C(F)F)N(C2)C1=O. The van der Waals surface area contributed by atoms with Gasteiger partial charge in [-0.3, -0.25) is 19.1 Å². The Hall–Kier alpha value is -3.86. The third kappa shape index (κ3) is 8.11. The smallest absolute Gasteiger partial charge is 0.408 e. The Morgan fingerprint density at radius 3 is 2.49 bits per heavy atom. The maximum Gasteiger partial charge on any atom is 0.408 e. The van der Waals surface area contributed by atoms with Gasteiger partial charge in [-0.05, 0) is 92.7 Å². The van der Waals surface area contributed by atoms with Crippen molar-refractivity contribution in [2.75, 3.05) is 6.54 Å². The van der Waals surface area contributed by atoms with E-state index in [9.17, 15) is 36.4 Å². The maximum atomic E-state index is 14.7. The molecule has 1 unspecified atom stereocenters. The van der Waals surface area contributed by atoms with Gasteiger partial charge in [0.05, 0.1) is 28.7 Å². The summed E-state index contributed by atoms with van der Waals surface area (Å²) in [6.45, 7) is 5.10. The van der Waals surface area contributed by atoms with Crippen LogP contribution in [0.3, 0.4) is 0 Å². The summed E-state index contributed by atoms with van der Waals surface area (Å²) in [6, 6.07) is 2.59. The number of alkyl carbamates (subject to hydrolysis) is 1. The number of nitrogens with zero attached hydrogens (tertiary/aromatic N) is 3. The fourth-order valence-electron chi connectivity index (χ4n) is 9.18. The third-order valence-electron chi connectivity index (χ3n) is 12.7. The zero-order valence-corrected chi connectivity index (χ0v) is 33.7. The normalized spacial score (nSPS) is 33.1. The van der Waals surface area contributed by atoms with Gasteiger partial charge in [-0.15, -0.1) is 0 Å². The highest BCUT2D eigenvalue weighted by atomic mass is 35.5. The number of carbonyl (C=O) groups is 4. The summed E-state index contributed by atoms with van der Waals surface area (Å²) in [5.41, 5.74) is -1.42. The van der Waals surface area contributed by atoms with Crippen molar-refractivity contribution >= 4 is 56.5 Å². The molecule has 3 heterocycles. The number of carbonyl (C=O) groups excluding carboxylic acids is 4. The Kier molecular flexibility index (Phi) is 10.3. The number of benzene rings is 1. The van der Waals surface area contributed by atoms with E-state index in [2.05, 4.69) is 10.6 Å². The third-order valence-corrected chi connectivity index (χ3v) is 14.7. The second-order valence-electron chi connectivity index (χ2n) is 17.9. The van der Waals surface area contributed by atoms with Gasteiger partial charge in [-0.2, -0.15) is 0 Å². The van der Waals surface area contributed by atoms with E-state index < -0.39 is 87.0 Å². The van der Waals surface area contributed by atoms with Crippen LogP contribution in [0.2, 0.25) is 5.02 Å². The number of fused-ring (bicyclic) bond motifs is 7. The summed E-state index contributed by atoms with van der Waals surface area (Å²) < 4.78 is 68.2. The minimum Gasteiger partial charge on any atom is -0.471 e. The van der Waals surface area contributed by atoms with E-state index in [0.29, 0.717) is 52.8 Å². The number of alkyl halides is 2. The lowest BCUT2D eigenvalue weighted by Gasteiger charge is -2.36. The summed E-state index contributed by atoms with van der Waals surface area (Å²) in [7, 11) is -4.13. The van der Waals surface area contributed by atoms with Crippen LogP contribution < -0.4 is 20.1 Å². The van der Waals surface area contributed by atoms with Crippen molar-refractivity contribution in [2.24, 2.45) is 29.1 Å². The Bertz CT molecular complexity index is 2080. The fourth-order valence-corrected chi connectivity index (χ4v) is 10.7. The van der Waals surface area contributed by atoms with Gasteiger partial charge >= 0.3 is 6.09 Å². The van der Waals surface area contributed by atoms with Crippen molar-refractivity contribution in [1.29, 1.82) is 0 Å². The van der Waals surface area contributed by atoms with E-state index in [1.54, 1.807) is 39.0 Å². The molecule has 1 aromatic heterocycles. The number of hydrogen-bond donors (Lipinski definition) is 3. The van der Waals surface area contributed by atoms with Crippen molar-refractivity contribution in [3.63, 3.8) is 0 Å². The molecule has 18 heteroatoms. The lowest BCUT2D eigenvalue weighted by atomic mass is 9.85. The van der Waals surface area contributed by atoms with Crippen LogP contribution in [-0.2, 0) is 35.6 Å². The number of nitrogens with one attached hydrogen (secondary N) is 3. The lowest BCUT2D eigenvalue weighted by Crippen LogP contribution is -2.60. The molecule has 4 aliphatic carbocycles. The maximum absolute atomic E-state index is 14.7. The molecule has 8 rings (SSSR count). The zero-order chi connectivity index (χ0) is 40.6. The molecule has 3 N–H and O–H groups in total. The fraction of sp³-hybridized carbons (Fsp3) is 0.692. The van der Waals surface area contributed by atoms with Crippen LogP contribution >= 0.6 is 11.6 Å². The predicted molar refractivity (Wildman–Crippen MR) is 203 cm³/mol. The Labute approximate surface area is 335 Å². The minimum atomic E-state index is -4.13. The number of aromatic nitrogens is 2. The van der Waals surface area contributed by atoms with Gasteiger partial charge in [0.1, 0.15) is 35.5 Å². The lowest BCUT2D eigenvalue weighted by molar-refractivity contribution is -0.143. The van der Waals surface area contributed by atoms with E-state index in [0.717, 1.165) is 38.5 Å². The molecule has 310 valence electrons. The zero-order valence-electron chi connectivity index (χ0n) is 32.1. The highest BCUT2D eigenvalue weighted by Gasteiger charge is 2.67. The van der Waals surface area contributed by atoms with E-state index >= 15 is 0 Å². The van der Waals surface area contributed by atoms with Gasteiger partial charge in [0.2, 0.25) is 34.1 Å². The van der Waals surface area contributed by atoms with Crippen LogP contribution in [0.15, 0.2) is 18.2 Å². The first kappa shape index (κ1) is 39.9. The Morgan fingerprint density at radius 1 is 1.02 bits per heavy atom. The van der Waals surface area contributed by atoms with Gasteiger partial charge in [0, 0.05) is 11.4 Å². The number of hydrogen-bond acceptors (Lipinski definition) is 10. The first-order valence-electron chi connectivity index (χ1n) is 20.0. The average molecular weight is 835 g/mol. The number of sulfonamides is 1. The largest absolute Gasteiger partial charge is 0.471 e. The van der Waals surface area contributed by atoms with Crippen LogP contribution in [0.5, 0.6) is 5.88 Å². The number of halogens is 3. The molecule has 2 aliphatic heterocycles. The highest BCUT2D eigenvalue weighted by molar-refractivity contribution is 7.91. The molecule has 6 aliphatic rings. The van der Waals surface area contributed by atoms with E-state index in [4.69, 9.17) is 31.0 Å². The van der Waals surface area contributed by atoms with E-state index in [-0.39, 0.29) is 30.9 Å². The molecule has 4 saturated carbocycles. The van der Waals surface area contributed by atoms with Crippen LogP contribution in [0.25, 0.3) is 11.0 Å². The summed E-state index contributed by atoms with van der Waals surface area (Å²) in [5, 5.41) is 4.87. The second kappa shape index (κ2) is 14.8. The monoisotopic (exact) mass is 834 g/mol. The van der Waals surface area contributed by atoms with Crippen molar-refractivity contribution in [3.05, 3.63) is 28.9 Å². The quantitative estimate of drug-likeness (QED) is 0.370.